The van der Waals surface area contributed by atoms with Crippen molar-refractivity contribution in [3.8, 4) is 5.75 Å². The molecule has 0 spiro atoms. The molecule has 0 aliphatic heterocycles. The molecule has 3 nitrogen and oxygen atoms in total. The number of benzene rings is 1. The third-order valence-electron chi connectivity index (χ3n) is 2.96. The molecule has 5 heteroatoms. The van der Waals surface area contributed by atoms with E-state index in [1.807, 2.05) is 0 Å². The van der Waals surface area contributed by atoms with Gasteiger partial charge in [-0.05, 0) is 37.5 Å². The molecule has 1 N–H and O–H groups in total. The fourth-order valence-corrected chi connectivity index (χ4v) is 2.18. The Kier molecular flexibility index (Phi) is 4.03. The second-order valence-electron chi connectivity index (χ2n) is 4.69. The molecule has 2 rings (SSSR count). The number of carbonyl (C=O) groups is 1. The summed E-state index contributed by atoms with van der Waals surface area (Å²) in [6, 6.07) is 5.19. The third kappa shape index (κ3) is 3.53. The normalized spacial score (nSPS) is 23.3. The Labute approximate surface area is 116 Å². The van der Waals surface area contributed by atoms with E-state index in [4.69, 9.17) is 27.9 Å². The monoisotopic (exact) mass is 287 g/mol. The summed E-state index contributed by atoms with van der Waals surface area (Å²) in [5.41, 5.74) is 0. The molecule has 1 amide bonds. The standard InChI is InChI=1S/C13H15Cl2NO2/c1-7-3-12(7)16-13(17)8(2)18-11-5-9(14)4-10(15)6-11/h4-8,12H,3H2,1-2H3,(H,16,17). The van der Waals surface area contributed by atoms with Crippen molar-refractivity contribution in [1.29, 1.82) is 0 Å². The molecule has 1 aliphatic rings. The Morgan fingerprint density at radius 1 is 1.39 bits per heavy atom. The van der Waals surface area contributed by atoms with Gasteiger partial charge in [-0.25, -0.2) is 0 Å². The van der Waals surface area contributed by atoms with Gasteiger partial charge in [-0.1, -0.05) is 30.1 Å². The lowest BCUT2D eigenvalue weighted by molar-refractivity contribution is -0.127. The highest BCUT2D eigenvalue weighted by atomic mass is 35.5. The van der Waals surface area contributed by atoms with E-state index in [1.165, 1.54) is 0 Å². The number of nitrogens with one attached hydrogen (secondary N) is 1. The minimum atomic E-state index is -0.563. The number of halogens is 2. The van der Waals surface area contributed by atoms with E-state index in [9.17, 15) is 4.79 Å². The van der Waals surface area contributed by atoms with Gasteiger partial charge < -0.3 is 10.1 Å². The number of carbonyl (C=O) groups excluding carboxylic acids is 1. The lowest BCUT2D eigenvalue weighted by Crippen LogP contribution is -2.38. The van der Waals surface area contributed by atoms with Crippen LogP contribution in [0.4, 0.5) is 0 Å². The van der Waals surface area contributed by atoms with Gasteiger partial charge in [0.05, 0.1) is 0 Å². The van der Waals surface area contributed by atoms with Crippen molar-refractivity contribution >= 4 is 29.1 Å². The van der Waals surface area contributed by atoms with Crippen LogP contribution >= 0.6 is 23.2 Å². The first-order chi connectivity index (χ1) is 8.45. The van der Waals surface area contributed by atoms with Crippen LogP contribution in [0.3, 0.4) is 0 Å². The van der Waals surface area contributed by atoms with Gasteiger partial charge in [0, 0.05) is 16.1 Å². The highest BCUT2D eigenvalue weighted by molar-refractivity contribution is 6.34. The van der Waals surface area contributed by atoms with Gasteiger partial charge in [-0.2, -0.15) is 0 Å². The van der Waals surface area contributed by atoms with E-state index in [0.717, 1.165) is 6.42 Å². The average molecular weight is 288 g/mol. The molecule has 1 fully saturated rings. The van der Waals surface area contributed by atoms with Crippen LogP contribution in [0, 0.1) is 5.92 Å². The number of hydrogen-bond acceptors (Lipinski definition) is 2. The zero-order valence-electron chi connectivity index (χ0n) is 10.2. The second-order valence-corrected chi connectivity index (χ2v) is 5.57. The summed E-state index contributed by atoms with van der Waals surface area (Å²) in [6.07, 6.45) is 0.480. The van der Waals surface area contributed by atoms with Gasteiger partial charge in [-0.15, -0.1) is 0 Å². The Morgan fingerprint density at radius 2 is 1.94 bits per heavy atom. The minimum absolute atomic E-state index is 0.111. The van der Waals surface area contributed by atoms with Crippen molar-refractivity contribution in [1.82, 2.24) is 5.32 Å². The zero-order valence-corrected chi connectivity index (χ0v) is 11.8. The van der Waals surface area contributed by atoms with Crippen LogP contribution in [-0.2, 0) is 4.79 Å². The van der Waals surface area contributed by atoms with Crippen molar-refractivity contribution in [3.63, 3.8) is 0 Å². The molecule has 1 aromatic carbocycles. The Hall–Kier alpha value is -0.930. The largest absolute Gasteiger partial charge is 0.481 e. The molecule has 3 unspecified atom stereocenters. The van der Waals surface area contributed by atoms with Crippen LogP contribution in [-0.4, -0.2) is 18.1 Å². The Bertz CT molecular complexity index is 444. The smallest absolute Gasteiger partial charge is 0.261 e. The summed E-state index contributed by atoms with van der Waals surface area (Å²) in [6.45, 7) is 3.81. The second kappa shape index (κ2) is 5.37. The maximum Gasteiger partial charge on any atom is 0.261 e. The summed E-state index contributed by atoms with van der Waals surface area (Å²) < 4.78 is 5.52. The summed E-state index contributed by atoms with van der Waals surface area (Å²) in [5.74, 6) is 0.959. The molecule has 1 aromatic rings. The first-order valence-corrected chi connectivity index (χ1v) is 6.64. The number of hydrogen-bond donors (Lipinski definition) is 1. The fourth-order valence-electron chi connectivity index (χ4n) is 1.68. The SMILES string of the molecule is CC(Oc1cc(Cl)cc(Cl)c1)C(=O)NC1CC1C. The van der Waals surface area contributed by atoms with E-state index in [0.29, 0.717) is 27.8 Å². The summed E-state index contributed by atoms with van der Waals surface area (Å²) in [5, 5.41) is 3.90. The Morgan fingerprint density at radius 3 is 2.44 bits per heavy atom. The molecule has 18 heavy (non-hydrogen) atoms. The van der Waals surface area contributed by atoms with E-state index in [2.05, 4.69) is 12.2 Å². The average Bonchev–Trinajstić information content (AvgIpc) is 2.92. The predicted molar refractivity (Wildman–Crippen MR) is 72.3 cm³/mol. The molecular formula is C13H15Cl2NO2. The molecule has 0 radical (unpaired) electrons. The number of rotatable bonds is 4. The van der Waals surface area contributed by atoms with Crippen LogP contribution in [0.1, 0.15) is 20.3 Å². The number of ether oxygens (including phenoxy) is 1. The molecule has 0 saturated heterocycles. The first kappa shape index (κ1) is 13.5. The minimum Gasteiger partial charge on any atom is -0.481 e. The van der Waals surface area contributed by atoms with Gasteiger partial charge in [0.1, 0.15) is 5.75 Å². The fraction of sp³-hybridized carbons (Fsp3) is 0.462. The predicted octanol–water partition coefficient (Wildman–Crippen LogP) is 3.29. The topological polar surface area (TPSA) is 38.3 Å². The number of amides is 1. The molecular weight excluding hydrogens is 273 g/mol. The molecule has 98 valence electrons. The molecule has 0 bridgehead atoms. The maximum absolute atomic E-state index is 11.8. The summed E-state index contributed by atoms with van der Waals surface area (Å²) in [4.78, 5) is 11.8. The molecule has 1 aliphatic carbocycles. The van der Waals surface area contributed by atoms with Crippen molar-refractivity contribution in [2.24, 2.45) is 5.92 Å². The van der Waals surface area contributed by atoms with Gasteiger partial charge in [0.15, 0.2) is 6.10 Å². The van der Waals surface area contributed by atoms with Crippen molar-refractivity contribution in [2.75, 3.05) is 0 Å². The van der Waals surface area contributed by atoms with Gasteiger partial charge in [-0.3, -0.25) is 4.79 Å². The highest BCUT2D eigenvalue weighted by Gasteiger charge is 2.35. The third-order valence-corrected chi connectivity index (χ3v) is 3.39. The van der Waals surface area contributed by atoms with Crippen LogP contribution in [0.5, 0.6) is 5.75 Å². The molecule has 3 atom stereocenters. The molecule has 1 saturated carbocycles. The van der Waals surface area contributed by atoms with Crippen LogP contribution in [0.15, 0.2) is 18.2 Å². The van der Waals surface area contributed by atoms with Crippen molar-refractivity contribution < 1.29 is 9.53 Å². The first-order valence-electron chi connectivity index (χ1n) is 5.89. The van der Waals surface area contributed by atoms with E-state index in [-0.39, 0.29) is 5.91 Å². The van der Waals surface area contributed by atoms with Gasteiger partial charge >= 0.3 is 0 Å². The van der Waals surface area contributed by atoms with Crippen molar-refractivity contribution in [2.45, 2.75) is 32.4 Å². The van der Waals surface area contributed by atoms with Crippen LogP contribution in [0.2, 0.25) is 10.0 Å². The van der Waals surface area contributed by atoms with E-state index < -0.39 is 6.10 Å². The Balaban J connectivity index is 1.93. The highest BCUT2D eigenvalue weighted by Crippen LogP contribution is 2.29. The quantitative estimate of drug-likeness (QED) is 0.923. The molecule has 0 heterocycles. The lowest BCUT2D eigenvalue weighted by Gasteiger charge is -2.15. The lowest BCUT2D eigenvalue weighted by atomic mass is 10.3. The van der Waals surface area contributed by atoms with Gasteiger partial charge in [0.2, 0.25) is 0 Å². The van der Waals surface area contributed by atoms with Crippen molar-refractivity contribution in [3.05, 3.63) is 28.2 Å². The van der Waals surface area contributed by atoms with E-state index >= 15 is 0 Å². The van der Waals surface area contributed by atoms with Gasteiger partial charge in [0.25, 0.3) is 5.91 Å². The zero-order chi connectivity index (χ0) is 13.3. The van der Waals surface area contributed by atoms with Crippen LogP contribution in [0.25, 0.3) is 0 Å². The summed E-state index contributed by atoms with van der Waals surface area (Å²) >= 11 is 11.7. The maximum atomic E-state index is 11.8. The van der Waals surface area contributed by atoms with E-state index in [1.54, 1.807) is 25.1 Å². The summed E-state index contributed by atoms with van der Waals surface area (Å²) in [7, 11) is 0. The molecule has 0 aromatic heterocycles. The van der Waals surface area contributed by atoms with Crippen LogP contribution < -0.4 is 10.1 Å².